The standard InChI is InChI=1S/C20H16N2O5S/c1-2-27-20(24)18-16(12-17(28-18)13-6-4-3-5-7-13)21-19(23)14-8-10-15(11-9-14)22(25)26/h3-12H,2H2,1H3,(H,21,23). The van der Waals surface area contributed by atoms with Gasteiger partial charge in [0.2, 0.25) is 0 Å². The molecule has 2 aromatic carbocycles. The molecule has 1 N–H and O–H groups in total. The van der Waals surface area contributed by atoms with Crippen molar-refractivity contribution in [3.05, 3.63) is 81.2 Å². The molecule has 0 bridgehead atoms. The van der Waals surface area contributed by atoms with Gasteiger partial charge in [0, 0.05) is 22.6 Å². The number of nitrogens with one attached hydrogen (secondary N) is 1. The first kappa shape index (κ1) is 19.2. The fourth-order valence-corrected chi connectivity index (χ4v) is 3.52. The number of carbonyl (C=O) groups excluding carboxylic acids is 2. The number of nitrogens with zero attached hydrogens (tertiary/aromatic N) is 1. The maximum Gasteiger partial charge on any atom is 0.350 e. The lowest BCUT2D eigenvalue weighted by Gasteiger charge is -2.06. The zero-order valence-electron chi connectivity index (χ0n) is 14.9. The minimum atomic E-state index is -0.536. The summed E-state index contributed by atoms with van der Waals surface area (Å²) in [6, 6.07) is 16.4. The number of esters is 1. The molecule has 1 heterocycles. The van der Waals surface area contributed by atoms with Crippen LogP contribution in [0.2, 0.25) is 0 Å². The van der Waals surface area contributed by atoms with Crippen LogP contribution in [-0.2, 0) is 4.74 Å². The number of hydrogen-bond acceptors (Lipinski definition) is 6. The van der Waals surface area contributed by atoms with E-state index in [9.17, 15) is 19.7 Å². The smallest absolute Gasteiger partial charge is 0.350 e. The molecule has 7 nitrogen and oxygen atoms in total. The van der Waals surface area contributed by atoms with Gasteiger partial charge >= 0.3 is 5.97 Å². The van der Waals surface area contributed by atoms with Crippen molar-refractivity contribution in [1.29, 1.82) is 0 Å². The van der Waals surface area contributed by atoms with Gasteiger partial charge in [-0.25, -0.2) is 4.79 Å². The predicted octanol–water partition coefficient (Wildman–Crippen LogP) is 4.75. The number of hydrogen-bond donors (Lipinski definition) is 1. The number of non-ortho nitro benzene ring substituents is 1. The highest BCUT2D eigenvalue weighted by atomic mass is 32.1. The van der Waals surface area contributed by atoms with Crippen molar-refractivity contribution in [3.63, 3.8) is 0 Å². The monoisotopic (exact) mass is 396 g/mol. The lowest BCUT2D eigenvalue weighted by atomic mass is 10.1. The summed E-state index contributed by atoms with van der Waals surface area (Å²) < 4.78 is 5.09. The zero-order valence-corrected chi connectivity index (χ0v) is 15.7. The van der Waals surface area contributed by atoms with E-state index in [2.05, 4.69) is 5.32 Å². The van der Waals surface area contributed by atoms with E-state index in [1.807, 2.05) is 30.3 Å². The molecule has 0 saturated heterocycles. The number of amides is 1. The molecule has 8 heteroatoms. The third-order valence-corrected chi connectivity index (χ3v) is 5.00. The molecule has 28 heavy (non-hydrogen) atoms. The Kier molecular flexibility index (Phi) is 5.81. The molecule has 3 aromatic rings. The van der Waals surface area contributed by atoms with Gasteiger partial charge in [-0.15, -0.1) is 11.3 Å². The topological polar surface area (TPSA) is 98.5 Å². The summed E-state index contributed by atoms with van der Waals surface area (Å²) >= 11 is 1.23. The van der Waals surface area contributed by atoms with Crippen LogP contribution in [0.1, 0.15) is 27.0 Å². The van der Waals surface area contributed by atoms with Gasteiger partial charge in [0.25, 0.3) is 11.6 Å². The molecule has 0 unspecified atom stereocenters. The van der Waals surface area contributed by atoms with Crippen molar-refractivity contribution in [3.8, 4) is 10.4 Å². The fourth-order valence-electron chi connectivity index (χ4n) is 2.51. The minimum Gasteiger partial charge on any atom is -0.462 e. The molecule has 0 aliphatic heterocycles. The number of thiophene rings is 1. The minimum absolute atomic E-state index is 0.106. The molecule has 1 amide bonds. The highest BCUT2D eigenvalue weighted by Crippen LogP contribution is 2.35. The first-order valence-corrected chi connectivity index (χ1v) is 9.23. The van der Waals surface area contributed by atoms with Crippen molar-refractivity contribution in [2.24, 2.45) is 0 Å². The molecule has 0 spiro atoms. The van der Waals surface area contributed by atoms with Gasteiger partial charge in [-0.05, 0) is 30.7 Å². The molecule has 0 fully saturated rings. The number of ether oxygens (including phenoxy) is 1. The first-order chi connectivity index (χ1) is 13.5. The van der Waals surface area contributed by atoms with E-state index in [0.29, 0.717) is 5.69 Å². The molecule has 1 aromatic heterocycles. The van der Waals surface area contributed by atoms with Crippen LogP contribution in [0, 0.1) is 10.1 Å². The molecular weight excluding hydrogens is 380 g/mol. The Morgan fingerprint density at radius 2 is 1.79 bits per heavy atom. The molecule has 0 aliphatic carbocycles. The third kappa shape index (κ3) is 4.24. The summed E-state index contributed by atoms with van der Waals surface area (Å²) in [5, 5.41) is 13.5. The lowest BCUT2D eigenvalue weighted by molar-refractivity contribution is -0.384. The Bertz CT molecular complexity index is 1010. The number of nitro groups is 1. The van der Waals surface area contributed by atoms with Crippen molar-refractivity contribution >= 4 is 34.6 Å². The summed E-state index contributed by atoms with van der Waals surface area (Å²) in [5.74, 6) is -0.994. The number of anilines is 1. The number of carbonyl (C=O) groups is 2. The van der Waals surface area contributed by atoms with Crippen LogP contribution in [0.3, 0.4) is 0 Å². The normalized spacial score (nSPS) is 10.3. The second kappa shape index (κ2) is 8.45. The quantitative estimate of drug-likeness (QED) is 0.368. The van der Waals surface area contributed by atoms with Crippen LogP contribution in [0.15, 0.2) is 60.7 Å². The Morgan fingerprint density at radius 3 is 2.39 bits per heavy atom. The van der Waals surface area contributed by atoms with E-state index >= 15 is 0 Å². The Balaban J connectivity index is 1.90. The summed E-state index contributed by atoms with van der Waals surface area (Å²) in [6.45, 7) is 1.92. The summed E-state index contributed by atoms with van der Waals surface area (Å²) in [7, 11) is 0. The second-order valence-corrected chi connectivity index (χ2v) is 6.75. The van der Waals surface area contributed by atoms with Gasteiger partial charge in [-0.1, -0.05) is 30.3 Å². The van der Waals surface area contributed by atoms with Gasteiger partial charge in [0.1, 0.15) is 4.88 Å². The van der Waals surface area contributed by atoms with Gasteiger partial charge in [-0.3, -0.25) is 14.9 Å². The summed E-state index contributed by atoms with van der Waals surface area (Å²) in [6.07, 6.45) is 0. The van der Waals surface area contributed by atoms with Gasteiger partial charge in [0.05, 0.1) is 17.2 Å². The predicted molar refractivity (Wildman–Crippen MR) is 107 cm³/mol. The third-order valence-electron chi connectivity index (χ3n) is 3.84. The van der Waals surface area contributed by atoms with Crippen LogP contribution >= 0.6 is 11.3 Å². The Labute approximate surface area is 164 Å². The summed E-state index contributed by atoms with van der Waals surface area (Å²) in [4.78, 5) is 36.2. The second-order valence-electron chi connectivity index (χ2n) is 5.70. The van der Waals surface area contributed by atoms with E-state index in [1.54, 1.807) is 13.0 Å². The van der Waals surface area contributed by atoms with Crippen molar-refractivity contribution in [2.75, 3.05) is 11.9 Å². The molecule has 142 valence electrons. The zero-order chi connectivity index (χ0) is 20.1. The molecule has 0 atom stereocenters. The number of benzene rings is 2. The summed E-state index contributed by atoms with van der Waals surface area (Å²) in [5.41, 5.74) is 1.39. The number of rotatable bonds is 6. The van der Waals surface area contributed by atoms with E-state index in [0.717, 1.165) is 10.4 Å². The highest BCUT2D eigenvalue weighted by molar-refractivity contribution is 7.18. The Hall–Kier alpha value is -3.52. The molecule has 0 aliphatic rings. The fraction of sp³-hybridized carbons (Fsp3) is 0.100. The first-order valence-electron chi connectivity index (χ1n) is 8.41. The SMILES string of the molecule is CCOC(=O)c1sc(-c2ccccc2)cc1NC(=O)c1ccc([N+](=O)[O-])cc1. The Morgan fingerprint density at radius 1 is 1.11 bits per heavy atom. The average Bonchev–Trinajstić information content (AvgIpc) is 3.13. The van der Waals surface area contributed by atoms with Gasteiger partial charge < -0.3 is 10.1 Å². The highest BCUT2D eigenvalue weighted by Gasteiger charge is 2.20. The van der Waals surface area contributed by atoms with Crippen molar-refractivity contribution in [2.45, 2.75) is 6.92 Å². The maximum absolute atomic E-state index is 12.5. The van der Waals surface area contributed by atoms with Crippen LogP contribution in [0.25, 0.3) is 10.4 Å². The maximum atomic E-state index is 12.5. The molecule has 3 rings (SSSR count). The van der Waals surface area contributed by atoms with Gasteiger partial charge in [-0.2, -0.15) is 0 Å². The lowest BCUT2D eigenvalue weighted by Crippen LogP contribution is -2.14. The van der Waals surface area contributed by atoms with Crippen molar-refractivity contribution in [1.82, 2.24) is 0 Å². The van der Waals surface area contributed by atoms with E-state index in [1.165, 1.54) is 35.6 Å². The average molecular weight is 396 g/mol. The van der Waals surface area contributed by atoms with Crippen LogP contribution < -0.4 is 5.32 Å². The molecule has 0 saturated carbocycles. The number of nitro benzene ring substituents is 1. The van der Waals surface area contributed by atoms with Crippen molar-refractivity contribution < 1.29 is 19.2 Å². The molecular formula is C20H16N2O5S. The molecule has 0 radical (unpaired) electrons. The van der Waals surface area contributed by atoms with Gasteiger partial charge in [0.15, 0.2) is 0 Å². The van der Waals surface area contributed by atoms with Crippen LogP contribution in [0.4, 0.5) is 11.4 Å². The van der Waals surface area contributed by atoms with E-state index < -0.39 is 16.8 Å². The van der Waals surface area contributed by atoms with E-state index in [-0.39, 0.29) is 22.7 Å². The largest absolute Gasteiger partial charge is 0.462 e. The van der Waals surface area contributed by atoms with Crippen LogP contribution in [-0.4, -0.2) is 23.4 Å². The van der Waals surface area contributed by atoms with E-state index in [4.69, 9.17) is 4.74 Å². The van der Waals surface area contributed by atoms with Crippen LogP contribution in [0.5, 0.6) is 0 Å².